The molecule has 0 fully saturated rings. The molecule has 1 amide bonds. The van der Waals surface area contributed by atoms with Gasteiger partial charge in [0.15, 0.2) is 0 Å². The Kier molecular flexibility index (Phi) is 12.1. The van der Waals surface area contributed by atoms with E-state index >= 15 is 0 Å². The summed E-state index contributed by atoms with van der Waals surface area (Å²) < 4.78 is 0. The molecule has 0 atom stereocenters. The number of benzene rings is 1. The van der Waals surface area contributed by atoms with Crippen molar-refractivity contribution in [1.82, 2.24) is 25.3 Å². The lowest BCUT2D eigenvalue weighted by atomic mass is 9.98. The standard InChI is InChI=1S/C44H48N6O7/c1-23-29(9-13-41(51)46-18-17-27-5-7-28(45)8-6-27)37-19-34-24(2)30(10-14-42(52)53)39(48-34)21-36-26(4)32(12-16-44(56)57)40(50-36)22-35-25(3)31(11-15-43(54)55)38(49-35)20-33(23)47-37/h5-8,19-22,47-48H,9-18,45H2,1-4H3,(H,46,51)(H,52,53)(H,54,55)(H,56,57). The molecule has 0 saturated carbocycles. The molecule has 0 aliphatic carbocycles. The molecule has 8 bridgehead atoms. The van der Waals surface area contributed by atoms with Crippen LogP contribution in [0.25, 0.3) is 44.4 Å². The highest BCUT2D eigenvalue weighted by Gasteiger charge is 2.23. The van der Waals surface area contributed by atoms with Crippen LogP contribution in [0.4, 0.5) is 5.69 Å². The van der Waals surface area contributed by atoms with Gasteiger partial charge in [0.25, 0.3) is 0 Å². The number of nitrogens with one attached hydrogen (secondary N) is 3. The number of nitrogens with two attached hydrogens (primary N) is 1. The van der Waals surface area contributed by atoms with Crippen LogP contribution in [0.5, 0.6) is 0 Å². The molecule has 4 aromatic rings. The number of hydrogen-bond donors (Lipinski definition) is 7. The van der Waals surface area contributed by atoms with Crippen molar-refractivity contribution in [1.29, 1.82) is 0 Å². The van der Waals surface area contributed by atoms with E-state index in [1.54, 1.807) is 0 Å². The molecule has 57 heavy (non-hydrogen) atoms. The van der Waals surface area contributed by atoms with Crippen LogP contribution in [0.3, 0.4) is 0 Å². The number of anilines is 1. The van der Waals surface area contributed by atoms with Crippen molar-refractivity contribution in [3.05, 3.63) is 99.1 Å². The van der Waals surface area contributed by atoms with Gasteiger partial charge < -0.3 is 36.3 Å². The van der Waals surface area contributed by atoms with Crippen LogP contribution in [0.2, 0.25) is 0 Å². The quantitative estimate of drug-likeness (QED) is 0.0592. The highest BCUT2D eigenvalue weighted by molar-refractivity contribution is 5.96. The van der Waals surface area contributed by atoms with Gasteiger partial charge in [-0.05, 0) is 146 Å². The topological polar surface area (TPSA) is 224 Å². The van der Waals surface area contributed by atoms with Gasteiger partial charge in [0.1, 0.15) is 0 Å². The molecule has 2 aliphatic heterocycles. The molecule has 13 heteroatoms. The van der Waals surface area contributed by atoms with Gasteiger partial charge in [-0.15, -0.1) is 0 Å². The van der Waals surface area contributed by atoms with Gasteiger partial charge in [0.05, 0.1) is 22.8 Å². The van der Waals surface area contributed by atoms with Crippen molar-refractivity contribution >= 4 is 73.9 Å². The smallest absolute Gasteiger partial charge is 0.303 e. The van der Waals surface area contributed by atoms with Crippen molar-refractivity contribution < 1.29 is 34.5 Å². The fraction of sp³-hybridized carbons (Fsp3) is 0.318. The fourth-order valence-electron chi connectivity index (χ4n) is 7.54. The Hall–Kier alpha value is -6.50. The van der Waals surface area contributed by atoms with Crippen molar-refractivity contribution in [2.45, 2.75) is 85.5 Å². The first kappa shape index (κ1) is 40.2. The summed E-state index contributed by atoms with van der Waals surface area (Å²) in [6.45, 7) is 8.20. The number of fused-ring (bicyclic) bond motifs is 8. The molecule has 0 spiro atoms. The molecule has 296 valence electrons. The second-order valence-corrected chi connectivity index (χ2v) is 14.7. The monoisotopic (exact) mass is 772 g/mol. The summed E-state index contributed by atoms with van der Waals surface area (Å²) in [6, 6.07) is 15.2. The van der Waals surface area contributed by atoms with E-state index in [9.17, 15) is 34.5 Å². The number of aromatic amines is 2. The zero-order valence-electron chi connectivity index (χ0n) is 32.6. The molecule has 13 nitrogen and oxygen atoms in total. The summed E-state index contributed by atoms with van der Waals surface area (Å²) in [7, 11) is 0. The Morgan fingerprint density at radius 1 is 0.579 bits per heavy atom. The van der Waals surface area contributed by atoms with E-state index in [2.05, 4.69) is 15.3 Å². The lowest BCUT2D eigenvalue weighted by Gasteiger charge is -2.06. The summed E-state index contributed by atoms with van der Waals surface area (Å²) in [4.78, 5) is 65.4. The molecule has 1 aromatic carbocycles. The largest absolute Gasteiger partial charge is 0.481 e. The maximum atomic E-state index is 13.2. The molecule has 5 heterocycles. The summed E-state index contributed by atoms with van der Waals surface area (Å²) in [5.74, 6) is -2.88. The van der Waals surface area contributed by atoms with Gasteiger partial charge in [-0.3, -0.25) is 19.2 Å². The van der Waals surface area contributed by atoms with E-state index in [-0.39, 0.29) is 50.9 Å². The highest BCUT2D eigenvalue weighted by atomic mass is 16.4. The number of carbonyl (C=O) groups excluding carboxylic acids is 1. The number of allylic oxidation sites excluding steroid dienone is 4. The number of nitrogens with zero attached hydrogens (tertiary/aromatic N) is 2. The second kappa shape index (κ2) is 17.1. The van der Waals surface area contributed by atoms with E-state index < -0.39 is 17.9 Å². The number of H-pyrrole nitrogens is 2. The Balaban J connectivity index is 1.53. The molecule has 0 unspecified atom stereocenters. The SMILES string of the molecule is CC1=C(CCC(=O)O)c2cc3nc(cc4[nH]c(cc5[nH]c(cc1n2)c(CCC(=O)O)c5C)c(CCC(=O)NCCc1ccc(N)cc1)c4C)C(CCC(=O)O)=C3C. The van der Waals surface area contributed by atoms with Crippen LogP contribution in [-0.2, 0) is 38.4 Å². The van der Waals surface area contributed by atoms with Crippen molar-refractivity contribution in [2.24, 2.45) is 0 Å². The number of amides is 1. The predicted octanol–water partition coefficient (Wildman–Crippen LogP) is 7.41. The maximum Gasteiger partial charge on any atom is 0.303 e. The van der Waals surface area contributed by atoms with Crippen LogP contribution in [-0.4, -0.2) is 65.6 Å². The van der Waals surface area contributed by atoms with E-state index in [1.807, 2.05) is 76.2 Å². The van der Waals surface area contributed by atoms with E-state index in [1.165, 1.54) is 0 Å². The molecule has 8 N–H and O–H groups in total. The minimum absolute atomic E-state index is 0.0804. The van der Waals surface area contributed by atoms with Crippen molar-refractivity contribution in [3.63, 3.8) is 0 Å². The Morgan fingerprint density at radius 3 is 1.60 bits per heavy atom. The number of hydrogen-bond acceptors (Lipinski definition) is 7. The number of aryl methyl sites for hydroxylation is 4. The normalized spacial score (nSPS) is 12.6. The van der Waals surface area contributed by atoms with E-state index in [0.29, 0.717) is 53.4 Å². The molecule has 0 saturated heterocycles. The van der Waals surface area contributed by atoms with E-state index in [0.717, 1.165) is 66.7 Å². The van der Waals surface area contributed by atoms with Gasteiger partial charge >= 0.3 is 17.9 Å². The van der Waals surface area contributed by atoms with E-state index in [4.69, 9.17) is 15.7 Å². The third-order valence-corrected chi connectivity index (χ3v) is 10.9. The lowest BCUT2D eigenvalue weighted by molar-refractivity contribution is -0.137. The van der Waals surface area contributed by atoms with Gasteiger partial charge in [-0.1, -0.05) is 12.1 Å². The molecule has 2 aliphatic rings. The summed E-state index contributed by atoms with van der Waals surface area (Å²) >= 11 is 0. The molecule has 0 radical (unpaired) electrons. The van der Waals surface area contributed by atoms with Crippen LogP contribution in [0.15, 0.2) is 48.5 Å². The Labute approximate surface area is 329 Å². The van der Waals surface area contributed by atoms with Gasteiger partial charge in [0.2, 0.25) is 5.91 Å². The van der Waals surface area contributed by atoms with Gasteiger partial charge in [0, 0.05) is 60.0 Å². The number of aliphatic carboxylic acids is 3. The fourth-order valence-corrected chi connectivity index (χ4v) is 7.54. The lowest BCUT2D eigenvalue weighted by Crippen LogP contribution is -2.25. The first-order valence-electron chi connectivity index (χ1n) is 19.1. The van der Waals surface area contributed by atoms with Gasteiger partial charge in [-0.2, -0.15) is 0 Å². The Bertz CT molecular complexity index is 2510. The summed E-state index contributed by atoms with van der Waals surface area (Å²) in [6.07, 6.45) is 1.81. The second-order valence-electron chi connectivity index (χ2n) is 14.7. The van der Waals surface area contributed by atoms with Crippen LogP contribution in [0.1, 0.15) is 103 Å². The van der Waals surface area contributed by atoms with Crippen molar-refractivity contribution in [3.8, 4) is 0 Å². The zero-order valence-corrected chi connectivity index (χ0v) is 32.6. The summed E-state index contributed by atoms with van der Waals surface area (Å²) in [5.41, 5.74) is 19.6. The minimum Gasteiger partial charge on any atom is -0.481 e. The zero-order chi connectivity index (χ0) is 41.0. The van der Waals surface area contributed by atoms with Crippen LogP contribution >= 0.6 is 0 Å². The number of aromatic nitrogens is 4. The average Bonchev–Trinajstić information content (AvgIpc) is 3.81. The third kappa shape index (κ3) is 9.31. The molecule has 6 rings (SSSR count). The highest BCUT2D eigenvalue weighted by Crippen LogP contribution is 2.38. The molecular formula is C44H48N6O7. The Morgan fingerprint density at radius 2 is 1.04 bits per heavy atom. The van der Waals surface area contributed by atoms with Crippen LogP contribution < -0.4 is 11.1 Å². The van der Waals surface area contributed by atoms with Crippen molar-refractivity contribution in [2.75, 3.05) is 12.3 Å². The first-order valence-corrected chi connectivity index (χ1v) is 19.1. The maximum absolute atomic E-state index is 13.2. The third-order valence-electron chi connectivity index (χ3n) is 10.9. The number of nitrogen functional groups attached to an aromatic ring is 1. The number of rotatable bonds is 15. The average molecular weight is 773 g/mol. The summed E-state index contributed by atoms with van der Waals surface area (Å²) in [5, 5.41) is 31.9. The number of carboxylic acid groups (broad SMARTS) is 3. The molecule has 3 aromatic heterocycles. The molecular weight excluding hydrogens is 725 g/mol. The van der Waals surface area contributed by atoms with Crippen LogP contribution in [0, 0.1) is 13.8 Å². The predicted molar refractivity (Wildman–Crippen MR) is 221 cm³/mol. The number of carbonyl (C=O) groups is 4. The number of carboxylic acids is 3. The minimum atomic E-state index is -0.938. The van der Waals surface area contributed by atoms with Gasteiger partial charge in [-0.25, -0.2) is 9.97 Å². The first-order chi connectivity index (χ1) is 27.2.